The van der Waals surface area contributed by atoms with Gasteiger partial charge in [-0.05, 0) is 36.6 Å². The van der Waals surface area contributed by atoms with E-state index >= 15 is 0 Å². The van der Waals surface area contributed by atoms with Crippen LogP contribution in [0.2, 0.25) is 0 Å². The highest BCUT2D eigenvalue weighted by molar-refractivity contribution is 5.94. The van der Waals surface area contributed by atoms with E-state index in [0.29, 0.717) is 5.65 Å². The molecule has 0 spiro atoms. The maximum absolute atomic E-state index is 12.5. The maximum atomic E-state index is 12.5. The van der Waals surface area contributed by atoms with Crippen molar-refractivity contribution >= 4 is 11.6 Å². The average Bonchev–Trinajstić information content (AvgIpc) is 2.62. The van der Waals surface area contributed by atoms with Gasteiger partial charge in [0.15, 0.2) is 0 Å². The fourth-order valence-corrected chi connectivity index (χ4v) is 2.58. The van der Waals surface area contributed by atoms with E-state index in [2.05, 4.69) is 17.2 Å². The Labute approximate surface area is 140 Å². The highest BCUT2D eigenvalue weighted by atomic mass is 16.2. The van der Waals surface area contributed by atoms with Gasteiger partial charge in [-0.2, -0.15) is 0 Å². The summed E-state index contributed by atoms with van der Waals surface area (Å²) in [5.74, 6) is -0.419. The number of hydrogen-bond acceptors (Lipinski definition) is 3. The maximum Gasteiger partial charge on any atom is 0.270 e. The smallest absolute Gasteiger partial charge is 0.270 e. The second-order valence-corrected chi connectivity index (χ2v) is 5.70. The van der Waals surface area contributed by atoms with Gasteiger partial charge in [0.2, 0.25) is 0 Å². The van der Waals surface area contributed by atoms with Crippen molar-refractivity contribution in [2.75, 3.05) is 0 Å². The molecule has 5 heteroatoms. The number of nitrogens with zero attached hydrogens (tertiary/aromatic N) is 2. The van der Waals surface area contributed by atoms with E-state index in [-0.39, 0.29) is 17.2 Å². The van der Waals surface area contributed by atoms with E-state index in [0.717, 1.165) is 12.0 Å². The Morgan fingerprint density at radius 3 is 2.67 bits per heavy atom. The fraction of sp³-hybridized carbons (Fsp3) is 0.211. The lowest BCUT2D eigenvalue weighted by atomic mass is 10.0. The molecule has 0 radical (unpaired) electrons. The number of hydrogen-bond donors (Lipinski definition) is 1. The van der Waals surface area contributed by atoms with E-state index in [1.54, 1.807) is 24.4 Å². The fourth-order valence-electron chi connectivity index (χ4n) is 2.58. The second-order valence-electron chi connectivity index (χ2n) is 5.70. The number of aryl methyl sites for hydroxylation is 1. The third-order valence-corrected chi connectivity index (χ3v) is 4.09. The molecule has 122 valence electrons. The van der Waals surface area contributed by atoms with Crippen molar-refractivity contribution in [3.05, 3.63) is 81.9 Å². The molecule has 0 aliphatic heterocycles. The predicted molar refractivity (Wildman–Crippen MR) is 93.2 cm³/mol. The molecule has 3 rings (SSSR count). The molecule has 0 aliphatic carbocycles. The van der Waals surface area contributed by atoms with Crippen LogP contribution in [0.5, 0.6) is 0 Å². The standard InChI is InChI=1S/C19H19N3O2/c1-3-14-7-9-15(10-8-14)13(2)21-18(23)16-12-20-17-6-4-5-11-22(17)19(16)24/h4-13H,3H2,1-2H3,(H,21,23). The third-order valence-electron chi connectivity index (χ3n) is 4.09. The van der Waals surface area contributed by atoms with E-state index in [9.17, 15) is 9.59 Å². The molecule has 24 heavy (non-hydrogen) atoms. The molecular formula is C19H19N3O2. The monoisotopic (exact) mass is 321 g/mol. The van der Waals surface area contributed by atoms with Gasteiger partial charge in [-0.25, -0.2) is 4.98 Å². The molecule has 1 atom stereocenters. The van der Waals surface area contributed by atoms with Crippen LogP contribution in [-0.4, -0.2) is 15.3 Å². The normalized spacial score (nSPS) is 12.1. The first-order valence-corrected chi connectivity index (χ1v) is 7.96. The minimum Gasteiger partial charge on any atom is -0.345 e. The van der Waals surface area contributed by atoms with Gasteiger partial charge >= 0.3 is 0 Å². The summed E-state index contributed by atoms with van der Waals surface area (Å²) in [6.45, 7) is 3.99. The summed E-state index contributed by atoms with van der Waals surface area (Å²) in [6, 6.07) is 13.1. The van der Waals surface area contributed by atoms with Gasteiger partial charge < -0.3 is 5.32 Å². The zero-order chi connectivity index (χ0) is 17.1. The van der Waals surface area contributed by atoms with Crippen LogP contribution in [0.25, 0.3) is 5.65 Å². The first-order chi connectivity index (χ1) is 11.6. The molecule has 0 saturated carbocycles. The van der Waals surface area contributed by atoms with Crippen LogP contribution < -0.4 is 10.9 Å². The van der Waals surface area contributed by atoms with Gasteiger partial charge in [0.1, 0.15) is 11.2 Å². The topological polar surface area (TPSA) is 63.5 Å². The Kier molecular flexibility index (Phi) is 4.42. The number of amides is 1. The third kappa shape index (κ3) is 3.06. The summed E-state index contributed by atoms with van der Waals surface area (Å²) in [5.41, 5.74) is 2.42. The zero-order valence-electron chi connectivity index (χ0n) is 13.7. The lowest BCUT2D eigenvalue weighted by molar-refractivity contribution is 0.0938. The molecule has 0 fully saturated rings. The largest absolute Gasteiger partial charge is 0.345 e. The number of benzene rings is 1. The van der Waals surface area contributed by atoms with Crippen LogP contribution in [0.15, 0.2) is 59.7 Å². The Bertz CT molecular complexity index is 929. The first-order valence-electron chi connectivity index (χ1n) is 7.96. The predicted octanol–water partition coefficient (Wildman–Crippen LogP) is 2.75. The number of rotatable bonds is 4. The number of aromatic nitrogens is 2. The summed E-state index contributed by atoms with van der Waals surface area (Å²) < 4.78 is 1.37. The summed E-state index contributed by atoms with van der Waals surface area (Å²) in [5, 5.41) is 2.86. The number of carbonyl (C=O) groups is 1. The number of pyridine rings is 1. The quantitative estimate of drug-likeness (QED) is 0.803. The van der Waals surface area contributed by atoms with Crippen LogP contribution in [0.3, 0.4) is 0 Å². The summed E-state index contributed by atoms with van der Waals surface area (Å²) >= 11 is 0. The average molecular weight is 321 g/mol. The Hall–Kier alpha value is -2.95. The zero-order valence-corrected chi connectivity index (χ0v) is 13.7. The number of nitrogens with one attached hydrogen (secondary N) is 1. The van der Waals surface area contributed by atoms with E-state index in [4.69, 9.17) is 0 Å². The molecule has 1 N–H and O–H groups in total. The molecule has 0 saturated heterocycles. The number of fused-ring (bicyclic) bond motifs is 1. The lowest BCUT2D eigenvalue weighted by Crippen LogP contribution is -2.33. The second kappa shape index (κ2) is 6.66. The molecule has 1 amide bonds. The summed E-state index contributed by atoms with van der Waals surface area (Å²) in [4.78, 5) is 29.1. The Morgan fingerprint density at radius 1 is 1.21 bits per heavy atom. The molecule has 0 bridgehead atoms. The lowest BCUT2D eigenvalue weighted by Gasteiger charge is -2.14. The molecule has 2 heterocycles. The van der Waals surface area contributed by atoms with Gasteiger partial charge in [-0.3, -0.25) is 14.0 Å². The van der Waals surface area contributed by atoms with E-state index in [1.165, 1.54) is 16.2 Å². The van der Waals surface area contributed by atoms with Crippen LogP contribution in [0.1, 0.15) is 41.4 Å². The van der Waals surface area contributed by atoms with Crippen LogP contribution >= 0.6 is 0 Å². The van der Waals surface area contributed by atoms with Gasteiger partial charge in [-0.15, -0.1) is 0 Å². The van der Waals surface area contributed by atoms with Crippen molar-refractivity contribution in [1.82, 2.24) is 14.7 Å². The highest BCUT2D eigenvalue weighted by Crippen LogP contribution is 2.14. The van der Waals surface area contributed by atoms with Gasteiger partial charge in [0.25, 0.3) is 11.5 Å². The first kappa shape index (κ1) is 15.9. The van der Waals surface area contributed by atoms with Crippen LogP contribution in [0.4, 0.5) is 0 Å². The molecule has 5 nitrogen and oxygen atoms in total. The van der Waals surface area contributed by atoms with Gasteiger partial charge in [-0.1, -0.05) is 37.3 Å². The molecule has 3 aromatic rings. The van der Waals surface area contributed by atoms with Crippen molar-refractivity contribution < 1.29 is 4.79 Å². The molecule has 1 unspecified atom stereocenters. The van der Waals surface area contributed by atoms with Crippen LogP contribution in [-0.2, 0) is 6.42 Å². The van der Waals surface area contributed by atoms with Crippen molar-refractivity contribution in [3.63, 3.8) is 0 Å². The van der Waals surface area contributed by atoms with Crippen molar-refractivity contribution in [3.8, 4) is 0 Å². The molecular weight excluding hydrogens is 302 g/mol. The highest BCUT2D eigenvalue weighted by Gasteiger charge is 2.16. The van der Waals surface area contributed by atoms with Crippen molar-refractivity contribution in [1.29, 1.82) is 0 Å². The molecule has 1 aromatic carbocycles. The molecule has 2 aromatic heterocycles. The Balaban J connectivity index is 1.84. The summed E-state index contributed by atoms with van der Waals surface area (Å²) in [6.07, 6.45) is 3.91. The Morgan fingerprint density at radius 2 is 1.96 bits per heavy atom. The minimum atomic E-state index is -0.419. The van der Waals surface area contributed by atoms with E-state index < -0.39 is 5.91 Å². The van der Waals surface area contributed by atoms with Crippen LogP contribution in [0, 0.1) is 0 Å². The molecule has 0 aliphatic rings. The summed E-state index contributed by atoms with van der Waals surface area (Å²) in [7, 11) is 0. The minimum absolute atomic E-state index is 0.0377. The van der Waals surface area contributed by atoms with Crippen molar-refractivity contribution in [2.24, 2.45) is 0 Å². The van der Waals surface area contributed by atoms with Crippen molar-refractivity contribution in [2.45, 2.75) is 26.3 Å². The SMILES string of the molecule is CCc1ccc(C(C)NC(=O)c2cnc3ccccn3c2=O)cc1. The van der Waals surface area contributed by atoms with Gasteiger partial charge in [0.05, 0.1) is 6.04 Å². The van der Waals surface area contributed by atoms with E-state index in [1.807, 2.05) is 31.2 Å². The van der Waals surface area contributed by atoms with Gasteiger partial charge in [0, 0.05) is 12.4 Å². The number of carbonyl (C=O) groups excluding carboxylic acids is 1.